The van der Waals surface area contributed by atoms with Crippen molar-refractivity contribution in [3.63, 3.8) is 0 Å². The van der Waals surface area contributed by atoms with Gasteiger partial charge in [-0.05, 0) is 37.5 Å². The highest BCUT2D eigenvalue weighted by Gasteiger charge is 2.40. The minimum atomic E-state index is -0.267. The minimum Gasteiger partial charge on any atom is -0.465 e. The summed E-state index contributed by atoms with van der Waals surface area (Å²) < 4.78 is 11.1. The number of esters is 2. The van der Waals surface area contributed by atoms with E-state index in [9.17, 15) is 9.59 Å². The van der Waals surface area contributed by atoms with Gasteiger partial charge in [0.05, 0.1) is 25.0 Å². The molecule has 3 aliphatic rings. The van der Waals surface area contributed by atoms with E-state index in [2.05, 4.69) is 0 Å². The van der Waals surface area contributed by atoms with Crippen molar-refractivity contribution in [2.45, 2.75) is 51.4 Å². The lowest BCUT2D eigenvalue weighted by Gasteiger charge is -2.35. The predicted molar refractivity (Wildman–Crippen MR) is 72.8 cm³/mol. The number of carbonyl (C=O) groups excluding carboxylic acids is 2. The summed E-state index contributed by atoms with van der Waals surface area (Å²) in [6.45, 7) is 1.04. The highest BCUT2D eigenvalue weighted by Crippen LogP contribution is 2.36. The maximum atomic E-state index is 12.3. The molecule has 3 fully saturated rings. The average molecular weight is 280 g/mol. The van der Waals surface area contributed by atoms with Crippen LogP contribution in [0.4, 0.5) is 0 Å². The fourth-order valence-corrected chi connectivity index (χ4v) is 4.01. The van der Waals surface area contributed by atoms with Gasteiger partial charge in [-0.1, -0.05) is 25.7 Å². The molecule has 4 heteroatoms. The van der Waals surface area contributed by atoms with Crippen LogP contribution in [0.15, 0.2) is 0 Å². The zero-order chi connectivity index (χ0) is 13.9. The smallest absolute Gasteiger partial charge is 0.309 e. The second-order valence-corrected chi connectivity index (χ2v) is 6.56. The molecule has 0 spiro atoms. The van der Waals surface area contributed by atoms with E-state index in [0.29, 0.717) is 25.0 Å². The zero-order valence-corrected chi connectivity index (χ0v) is 12.0. The van der Waals surface area contributed by atoms with Crippen molar-refractivity contribution in [3.05, 3.63) is 0 Å². The van der Waals surface area contributed by atoms with Gasteiger partial charge in [-0.25, -0.2) is 0 Å². The molecule has 0 aromatic heterocycles. The van der Waals surface area contributed by atoms with Crippen molar-refractivity contribution in [1.29, 1.82) is 0 Å². The summed E-state index contributed by atoms with van der Waals surface area (Å²) in [7, 11) is 0. The van der Waals surface area contributed by atoms with Crippen molar-refractivity contribution in [1.82, 2.24) is 0 Å². The van der Waals surface area contributed by atoms with Gasteiger partial charge in [0, 0.05) is 0 Å². The molecular weight excluding hydrogens is 256 g/mol. The van der Waals surface area contributed by atoms with Crippen LogP contribution in [-0.2, 0) is 19.1 Å². The topological polar surface area (TPSA) is 52.6 Å². The third kappa shape index (κ3) is 2.84. The molecule has 4 nitrogen and oxygen atoms in total. The molecule has 0 amide bonds. The second-order valence-electron chi connectivity index (χ2n) is 6.56. The van der Waals surface area contributed by atoms with E-state index in [1.54, 1.807) is 0 Å². The zero-order valence-electron chi connectivity index (χ0n) is 12.0. The predicted octanol–water partition coefficient (Wildman–Crippen LogP) is 2.70. The molecule has 0 aromatic carbocycles. The Morgan fingerprint density at radius 3 is 1.50 bits per heavy atom. The van der Waals surface area contributed by atoms with Crippen LogP contribution in [-0.4, -0.2) is 25.2 Å². The van der Waals surface area contributed by atoms with Gasteiger partial charge in [0.2, 0.25) is 0 Å². The minimum absolute atomic E-state index is 0.169. The number of fused-ring (bicyclic) bond motifs is 2. The van der Waals surface area contributed by atoms with Crippen LogP contribution in [0, 0.1) is 23.7 Å². The molecule has 1 aliphatic heterocycles. The second kappa shape index (κ2) is 6.15. The first kappa shape index (κ1) is 13.9. The summed E-state index contributed by atoms with van der Waals surface area (Å²) in [5, 5.41) is 0. The third-order valence-corrected chi connectivity index (χ3v) is 5.32. The molecule has 20 heavy (non-hydrogen) atoms. The first-order valence-corrected chi connectivity index (χ1v) is 8.09. The molecule has 0 N–H and O–H groups in total. The van der Waals surface area contributed by atoms with Crippen LogP contribution in [0.25, 0.3) is 0 Å². The summed E-state index contributed by atoms with van der Waals surface area (Å²) in [5.41, 5.74) is 0. The van der Waals surface area contributed by atoms with Gasteiger partial charge in [-0.3, -0.25) is 9.59 Å². The lowest BCUT2D eigenvalue weighted by molar-refractivity contribution is -0.169. The molecule has 1 heterocycles. The molecule has 1 saturated heterocycles. The maximum absolute atomic E-state index is 12.3. The van der Waals surface area contributed by atoms with E-state index in [1.165, 1.54) is 12.8 Å². The van der Waals surface area contributed by atoms with Crippen molar-refractivity contribution in [2.75, 3.05) is 13.2 Å². The van der Waals surface area contributed by atoms with Crippen LogP contribution in [0.1, 0.15) is 51.4 Å². The SMILES string of the molecule is O=C1OCC2CCCCC2COC(=O)C2CCCCC12. The molecular formula is C16H24O4. The van der Waals surface area contributed by atoms with Crippen LogP contribution in [0.3, 0.4) is 0 Å². The van der Waals surface area contributed by atoms with Gasteiger partial charge in [0.25, 0.3) is 0 Å². The summed E-state index contributed by atoms with van der Waals surface area (Å²) in [5.74, 6) is -0.121. The normalized spacial score (nSPS) is 39.0. The number of hydrogen-bond acceptors (Lipinski definition) is 4. The Hall–Kier alpha value is -1.06. The summed E-state index contributed by atoms with van der Waals surface area (Å²) in [6.07, 6.45) is 8.12. The number of cyclic esters (lactones) is 2. The van der Waals surface area contributed by atoms with Gasteiger partial charge < -0.3 is 9.47 Å². The molecule has 0 bridgehead atoms. The van der Waals surface area contributed by atoms with E-state index in [1.807, 2.05) is 0 Å². The Bertz CT molecular complexity index is 343. The molecule has 0 aromatic rings. The molecule has 4 unspecified atom stereocenters. The molecule has 2 aliphatic carbocycles. The first-order valence-electron chi connectivity index (χ1n) is 8.09. The Balaban J connectivity index is 1.74. The fourth-order valence-electron chi connectivity index (χ4n) is 4.01. The maximum Gasteiger partial charge on any atom is 0.309 e. The quantitative estimate of drug-likeness (QED) is 0.640. The molecule has 2 saturated carbocycles. The van der Waals surface area contributed by atoms with Crippen LogP contribution < -0.4 is 0 Å². The van der Waals surface area contributed by atoms with E-state index < -0.39 is 0 Å². The van der Waals surface area contributed by atoms with E-state index in [0.717, 1.165) is 38.5 Å². The Morgan fingerprint density at radius 2 is 1.05 bits per heavy atom. The van der Waals surface area contributed by atoms with Gasteiger partial charge in [-0.15, -0.1) is 0 Å². The Labute approximate surface area is 120 Å². The highest BCUT2D eigenvalue weighted by molar-refractivity contribution is 5.82. The van der Waals surface area contributed by atoms with Crippen molar-refractivity contribution < 1.29 is 19.1 Å². The Kier molecular flexibility index (Phi) is 4.27. The lowest BCUT2D eigenvalue weighted by Crippen LogP contribution is -2.39. The van der Waals surface area contributed by atoms with E-state index in [-0.39, 0.29) is 23.8 Å². The lowest BCUT2D eigenvalue weighted by atomic mass is 9.78. The van der Waals surface area contributed by atoms with E-state index >= 15 is 0 Å². The van der Waals surface area contributed by atoms with E-state index in [4.69, 9.17) is 9.47 Å². The molecule has 4 atom stereocenters. The fraction of sp³-hybridized carbons (Fsp3) is 0.875. The van der Waals surface area contributed by atoms with Gasteiger partial charge in [-0.2, -0.15) is 0 Å². The van der Waals surface area contributed by atoms with Crippen LogP contribution in [0.5, 0.6) is 0 Å². The first-order chi connectivity index (χ1) is 9.75. The number of carbonyl (C=O) groups is 2. The largest absolute Gasteiger partial charge is 0.465 e. The number of ether oxygens (including phenoxy) is 2. The summed E-state index contributed by atoms with van der Waals surface area (Å²) in [6, 6.07) is 0. The molecule has 112 valence electrons. The van der Waals surface area contributed by atoms with Crippen molar-refractivity contribution in [2.24, 2.45) is 23.7 Å². The van der Waals surface area contributed by atoms with Crippen LogP contribution in [0.2, 0.25) is 0 Å². The number of rotatable bonds is 0. The molecule has 0 radical (unpaired) electrons. The van der Waals surface area contributed by atoms with Crippen molar-refractivity contribution >= 4 is 11.9 Å². The van der Waals surface area contributed by atoms with Crippen molar-refractivity contribution in [3.8, 4) is 0 Å². The monoisotopic (exact) mass is 280 g/mol. The standard InChI is InChI=1S/C16H24O4/c17-15-13-7-3-4-8-14(13)16(18)20-10-12-6-2-1-5-11(12)9-19-15/h11-14H,1-10H2. The van der Waals surface area contributed by atoms with Gasteiger partial charge in [0.1, 0.15) is 0 Å². The number of hydrogen-bond donors (Lipinski definition) is 0. The van der Waals surface area contributed by atoms with Gasteiger partial charge >= 0.3 is 11.9 Å². The summed E-state index contributed by atoms with van der Waals surface area (Å²) >= 11 is 0. The average Bonchev–Trinajstić information content (AvgIpc) is 2.50. The summed E-state index contributed by atoms with van der Waals surface area (Å²) in [4.78, 5) is 24.5. The highest BCUT2D eigenvalue weighted by atomic mass is 16.5. The van der Waals surface area contributed by atoms with Crippen LogP contribution >= 0.6 is 0 Å². The Morgan fingerprint density at radius 1 is 0.650 bits per heavy atom. The third-order valence-electron chi connectivity index (χ3n) is 5.32. The molecule has 3 rings (SSSR count). The van der Waals surface area contributed by atoms with Gasteiger partial charge in [0.15, 0.2) is 0 Å².